The number of aromatic nitrogens is 3. The lowest BCUT2D eigenvalue weighted by molar-refractivity contribution is -0.133. The summed E-state index contributed by atoms with van der Waals surface area (Å²) in [5.41, 5.74) is 0. The lowest BCUT2D eigenvalue weighted by atomic mass is 9.93. The molecule has 0 aliphatic heterocycles. The van der Waals surface area contributed by atoms with E-state index in [0.717, 1.165) is 18.0 Å². The van der Waals surface area contributed by atoms with Crippen LogP contribution in [0.5, 0.6) is 0 Å². The quantitative estimate of drug-likeness (QED) is 0.761. The number of hydrogen-bond acceptors (Lipinski definition) is 4. The first-order valence-corrected chi connectivity index (χ1v) is 5.50. The Kier molecular flexibility index (Phi) is 2.72. The second-order valence-corrected chi connectivity index (χ2v) is 4.23. The Hall–Kier alpha value is -1.04. The molecule has 1 N–H and O–H groups in total. The second-order valence-electron chi connectivity index (χ2n) is 3.29. The van der Waals surface area contributed by atoms with Crippen molar-refractivity contribution >= 4 is 17.7 Å². The highest BCUT2D eigenvalue weighted by Gasteiger charge is 2.22. The highest BCUT2D eigenvalue weighted by atomic mass is 32.2. The minimum atomic E-state index is -0.821. The molecule has 5 nitrogen and oxygen atoms in total. The van der Waals surface area contributed by atoms with Crippen molar-refractivity contribution in [2.24, 2.45) is 0 Å². The normalized spacial score (nSPS) is 16.6. The van der Waals surface area contributed by atoms with Crippen molar-refractivity contribution in [3.05, 3.63) is 6.33 Å². The van der Waals surface area contributed by atoms with Gasteiger partial charge in [-0.05, 0) is 19.3 Å². The van der Waals surface area contributed by atoms with Crippen LogP contribution in [0.25, 0.3) is 0 Å². The lowest BCUT2D eigenvalue weighted by Gasteiger charge is -2.27. The number of hydrogen-bond donors (Lipinski definition) is 1. The predicted molar refractivity (Wildman–Crippen MR) is 51.3 cm³/mol. The van der Waals surface area contributed by atoms with E-state index in [2.05, 4.69) is 10.2 Å². The summed E-state index contributed by atoms with van der Waals surface area (Å²) >= 11 is 1.23. The fraction of sp³-hybridized carbons (Fsp3) is 0.625. The molecule has 0 radical (unpaired) electrons. The molecule has 0 saturated heterocycles. The van der Waals surface area contributed by atoms with Crippen molar-refractivity contribution in [1.29, 1.82) is 0 Å². The highest BCUT2D eigenvalue weighted by molar-refractivity contribution is 7.99. The van der Waals surface area contributed by atoms with Gasteiger partial charge >= 0.3 is 5.97 Å². The molecule has 0 spiro atoms. The molecule has 1 fully saturated rings. The van der Waals surface area contributed by atoms with Crippen LogP contribution >= 0.6 is 11.8 Å². The molecule has 1 aromatic heterocycles. The standard InChI is InChI=1S/C8H11N3O2S/c12-7(13)4-14-8-10-9-5-11(8)6-2-1-3-6/h5-6H,1-4H2,(H,12,13). The molecule has 1 saturated carbocycles. The number of thioether (sulfide) groups is 1. The topological polar surface area (TPSA) is 68.0 Å². The average Bonchev–Trinajstić information content (AvgIpc) is 2.46. The molecule has 14 heavy (non-hydrogen) atoms. The molecule has 1 aromatic rings. The van der Waals surface area contributed by atoms with E-state index in [1.165, 1.54) is 18.2 Å². The van der Waals surface area contributed by atoms with E-state index >= 15 is 0 Å². The van der Waals surface area contributed by atoms with E-state index in [1.54, 1.807) is 6.33 Å². The summed E-state index contributed by atoms with van der Waals surface area (Å²) in [6.07, 6.45) is 5.23. The fourth-order valence-electron chi connectivity index (χ4n) is 1.38. The summed E-state index contributed by atoms with van der Waals surface area (Å²) < 4.78 is 1.98. The summed E-state index contributed by atoms with van der Waals surface area (Å²) in [7, 11) is 0. The maximum Gasteiger partial charge on any atom is 0.313 e. The first-order chi connectivity index (χ1) is 6.77. The minimum absolute atomic E-state index is 0.0470. The van der Waals surface area contributed by atoms with Crippen LogP contribution in [-0.4, -0.2) is 31.6 Å². The molecule has 0 amide bonds. The van der Waals surface area contributed by atoms with Crippen molar-refractivity contribution in [2.75, 3.05) is 5.75 Å². The van der Waals surface area contributed by atoms with Crippen LogP contribution in [-0.2, 0) is 4.79 Å². The van der Waals surface area contributed by atoms with Crippen molar-refractivity contribution in [1.82, 2.24) is 14.8 Å². The predicted octanol–water partition coefficient (Wildman–Crippen LogP) is 1.18. The molecule has 0 bridgehead atoms. The molecule has 0 unspecified atom stereocenters. The number of aliphatic carboxylic acids is 1. The van der Waals surface area contributed by atoms with E-state index < -0.39 is 5.97 Å². The molecule has 2 rings (SSSR count). The van der Waals surface area contributed by atoms with Crippen LogP contribution in [0, 0.1) is 0 Å². The molecular formula is C8H11N3O2S. The molecule has 76 valence electrons. The number of carboxylic acids is 1. The number of carboxylic acid groups (broad SMARTS) is 1. The zero-order valence-corrected chi connectivity index (χ0v) is 8.40. The van der Waals surface area contributed by atoms with Crippen molar-refractivity contribution in [3.8, 4) is 0 Å². The molecule has 0 aromatic carbocycles. The van der Waals surface area contributed by atoms with Gasteiger partial charge in [-0.3, -0.25) is 4.79 Å². The summed E-state index contributed by atoms with van der Waals surface area (Å²) in [4.78, 5) is 10.4. The lowest BCUT2D eigenvalue weighted by Crippen LogP contribution is -2.17. The first kappa shape index (κ1) is 9.51. The summed E-state index contributed by atoms with van der Waals surface area (Å²) in [5, 5.41) is 17.0. The largest absolute Gasteiger partial charge is 0.481 e. The van der Waals surface area contributed by atoms with Crippen molar-refractivity contribution in [3.63, 3.8) is 0 Å². The number of nitrogens with zero attached hydrogens (tertiary/aromatic N) is 3. The second kappa shape index (κ2) is 4.00. The number of rotatable bonds is 4. The van der Waals surface area contributed by atoms with E-state index in [9.17, 15) is 4.79 Å². The zero-order chi connectivity index (χ0) is 9.97. The van der Waals surface area contributed by atoms with Crippen LogP contribution in [0.2, 0.25) is 0 Å². The van der Waals surface area contributed by atoms with Crippen LogP contribution < -0.4 is 0 Å². The summed E-state index contributed by atoms with van der Waals surface area (Å²) in [5.74, 6) is -0.774. The van der Waals surface area contributed by atoms with Crippen molar-refractivity contribution < 1.29 is 9.90 Å². The molecule has 1 aliphatic rings. The van der Waals surface area contributed by atoms with Gasteiger partial charge in [0.15, 0.2) is 5.16 Å². The molecule has 1 aliphatic carbocycles. The fourth-order valence-corrected chi connectivity index (χ4v) is 2.08. The van der Waals surface area contributed by atoms with Gasteiger partial charge in [0, 0.05) is 6.04 Å². The maximum atomic E-state index is 10.4. The van der Waals surface area contributed by atoms with Gasteiger partial charge in [-0.1, -0.05) is 11.8 Å². The molecule has 1 heterocycles. The third kappa shape index (κ3) is 1.89. The van der Waals surface area contributed by atoms with Gasteiger partial charge in [-0.15, -0.1) is 10.2 Å². The Morgan fingerprint density at radius 3 is 3.07 bits per heavy atom. The minimum Gasteiger partial charge on any atom is -0.481 e. The Labute approximate surface area is 85.5 Å². The van der Waals surface area contributed by atoms with Crippen molar-refractivity contribution in [2.45, 2.75) is 30.5 Å². The van der Waals surface area contributed by atoms with Gasteiger partial charge in [0.1, 0.15) is 6.33 Å². The Morgan fingerprint density at radius 1 is 1.71 bits per heavy atom. The summed E-state index contributed by atoms with van der Waals surface area (Å²) in [6, 6.07) is 0.487. The van der Waals surface area contributed by atoms with Crippen LogP contribution in [0.3, 0.4) is 0 Å². The van der Waals surface area contributed by atoms with E-state index in [4.69, 9.17) is 5.11 Å². The monoisotopic (exact) mass is 213 g/mol. The van der Waals surface area contributed by atoms with E-state index in [-0.39, 0.29) is 5.75 Å². The molecule has 0 atom stereocenters. The van der Waals surface area contributed by atoms with Crippen LogP contribution in [0.15, 0.2) is 11.5 Å². The Balaban J connectivity index is 2.01. The Morgan fingerprint density at radius 2 is 2.50 bits per heavy atom. The Bertz CT molecular complexity index is 335. The van der Waals surface area contributed by atoms with Gasteiger partial charge in [-0.2, -0.15) is 0 Å². The average molecular weight is 213 g/mol. The van der Waals surface area contributed by atoms with Gasteiger partial charge in [0.25, 0.3) is 0 Å². The highest BCUT2D eigenvalue weighted by Crippen LogP contribution is 2.33. The number of carbonyl (C=O) groups is 1. The van der Waals surface area contributed by atoms with Gasteiger partial charge in [-0.25, -0.2) is 0 Å². The zero-order valence-electron chi connectivity index (χ0n) is 7.59. The third-order valence-corrected chi connectivity index (χ3v) is 3.27. The molecule has 6 heteroatoms. The van der Waals surface area contributed by atoms with Crippen LogP contribution in [0.4, 0.5) is 0 Å². The SMILES string of the molecule is O=C(O)CSc1nncn1C1CCC1. The van der Waals surface area contributed by atoms with Crippen LogP contribution in [0.1, 0.15) is 25.3 Å². The maximum absolute atomic E-state index is 10.4. The van der Waals surface area contributed by atoms with E-state index in [1.807, 2.05) is 4.57 Å². The van der Waals surface area contributed by atoms with E-state index in [0.29, 0.717) is 6.04 Å². The smallest absolute Gasteiger partial charge is 0.313 e. The van der Waals surface area contributed by atoms with Gasteiger partial charge in [0.05, 0.1) is 5.75 Å². The first-order valence-electron chi connectivity index (χ1n) is 4.51. The van der Waals surface area contributed by atoms with Gasteiger partial charge < -0.3 is 9.67 Å². The molecular weight excluding hydrogens is 202 g/mol. The van der Waals surface area contributed by atoms with Gasteiger partial charge in [0.2, 0.25) is 0 Å². The summed E-state index contributed by atoms with van der Waals surface area (Å²) in [6.45, 7) is 0. The third-order valence-electron chi connectivity index (χ3n) is 2.33.